The van der Waals surface area contributed by atoms with E-state index >= 15 is 0 Å². The summed E-state index contributed by atoms with van der Waals surface area (Å²) in [7, 11) is 1.85. The second kappa shape index (κ2) is 7.87. The molecule has 0 saturated carbocycles. The fourth-order valence-electron chi connectivity index (χ4n) is 2.53. The summed E-state index contributed by atoms with van der Waals surface area (Å²) in [6, 6.07) is 7.36. The van der Waals surface area contributed by atoms with Crippen molar-refractivity contribution >= 4 is 57.8 Å². The number of aromatic nitrogens is 1. The van der Waals surface area contributed by atoms with Crippen molar-refractivity contribution in [3.8, 4) is 5.75 Å². The number of thioether (sulfide) groups is 1. The van der Waals surface area contributed by atoms with Gasteiger partial charge in [-0.05, 0) is 30.3 Å². The molecule has 3 N–H and O–H groups in total. The van der Waals surface area contributed by atoms with Crippen molar-refractivity contribution in [3.63, 3.8) is 0 Å². The number of benzene rings is 1. The molecule has 0 spiro atoms. The van der Waals surface area contributed by atoms with Crippen molar-refractivity contribution in [1.82, 2.24) is 9.47 Å². The number of phenols is 1. The predicted molar refractivity (Wildman–Crippen MR) is 109 cm³/mol. The highest BCUT2D eigenvalue weighted by molar-refractivity contribution is 8.26. The first-order valence-corrected chi connectivity index (χ1v) is 9.21. The van der Waals surface area contributed by atoms with Crippen LogP contribution in [0.5, 0.6) is 5.75 Å². The molecule has 0 atom stereocenters. The molecule has 0 unspecified atom stereocenters. The van der Waals surface area contributed by atoms with Gasteiger partial charge < -0.3 is 20.1 Å². The molecule has 2 heterocycles. The van der Waals surface area contributed by atoms with Crippen LogP contribution in [0.3, 0.4) is 0 Å². The number of amides is 2. The van der Waals surface area contributed by atoms with Gasteiger partial charge in [0.05, 0.1) is 4.91 Å². The van der Waals surface area contributed by atoms with Crippen molar-refractivity contribution < 1.29 is 24.6 Å². The molecule has 28 heavy (non-hydrogen) atoms. The van der Waals surface area contributed by atoms with Gasteiger partial charge in [-0.3, -0.25) is 14.5 Å². The number of aryl methyl sites for hydroxylation is 1. The summed E-state index contributed by atoms with van der Waals surface area (Å²) in [6.07, 6.45) is 3.56. The second-order valence-electron chi connectivity index (χ2n) is 5.90. The Labute approximate surface area is 169 Å². The lowest BCUT2D eigenvalue weighted by atomic mass is 10.2. The average molecular weight is 417 g/mol. The number of nitrogens with zero attached hydrogens (tertiary/aromatic N) is 2. The summed E-state index contributed by atoms with van der Waals surface area (Å²) in [4.78, 5) is 37.4. The van der Waals surface area contributed by atoms with Gasteiger partial charge >= 0.3 is 5.97 Å². The average Bonchev–Trinajstić information content (AvgIpc) is 3.13. The maximum atomic E-state index is 12.6. The first kappa shape index (κ1) is 19.6. The van der Waals surface area contributed by atoms with Gasteiger partial charge in [0.15, 0.2) is 0 Å². The Morgan fingerprint density at radius 3 is 2.68 bits per heavy atom. The molecule has 0 aliphatic carbocycles. The monoisotopic (exact) mass is 417 g/mol. The summed E-state index contributed by atoms with van der Waals surface area (Å²) in [5.74, 6) is -2.64. The molecule has 0 radical (unpaired) electrons. The summed E-state index contributed by atoms with van der Waals surface area (Å²) >= 11 is 6.32. The van der Waals surface area contributed by atoms with E-state index in [0.29, 0.717) is 4.91 Å². The van der Waals surface area contributed by atoms with E-state index in [1.165, 1.54) is 17.0 Å². The number of carbonyl (C=O) groups excluding carboxylic acids is 2. The van der Waals surface area contributed by atoms with Crippen LogP contribution in [0, 0.1) is 0 Å². The molecular weight excluding hydrogens is 402 g/mol. The fraction of sp³-hybridized carbons (Fsp3) is 0.111. The number of carboxylic acids is 1. The zero-order chi connectivity index (χ0) is 20.4. The van der Waals surface area contributed by atoms with Crippen LogP contribution in [0.1, 0.15) is 16.1 Å². The Morgan fingerprint density at radius 2 is 2.07 bits per heavy atom. The number of aromatic hydroxyl groups is 1. The Morgan fingerprint density at radius 1 is 1.32 bits per heavy atom. The summed E-state index contributed by atoms with van der Waals surface area (Å²) < 4.78 is 2.12. The number of carbonyl (C=O) groups is 3. The number of hydrogen-bond donors (Lipinski definition) is 3. The number of carboxylic acid groups (broad SMARTS) is 1. The van der Waals surface area contributed by atoms with Crippen molar-refractivity contribution in [2.45, 2.75) is 0 Å². The van der Waals surface area contributed by atoms with Crippen LogP contribution in [-0.2, 0) is 16.6 Å². The zero-order valence-corrected chi connectivity index (χ0v) is 16.2. The number of nitrogens with one attached hydrogen (secondary N) is 1. The number of aromatic carboxylic acids is 1. The van der Waals surface area contributed by atoms with E-state index in [4.69, 9.17) is 17.3 Å². The molecule has 1 aromatic heterocycles. The molecule has 1 fully saturated rings. The van der Waals surface area contributed by atoms with Gasteiger partial charge in [-0.1, -0.05) is 24.0 Å². The fourth-order valence-corrected chi connectivity index (χ4v) is 3.77. The highest BCUT2D eigenvalue weighted by Gasteiger charge is 2.33. The highest BCUT2D eigenvalue weighted by atomic mass is 32.2. The van der Waals surface area contributed by atoms with Crippen molar-refractivity contribution in [3.05, 3.63) is 52.7 Å². The zero-order valence-electron chi connectivity index (χ0n) is 14.6. The maximum Gasteiger partial charge on any atom is 0.339 e. The molecule has 0 bridgehead atoms. The minimum absolute atomic E-state index is 0.206. The van der Waals surface area contributed by atoms with E-state index in [1.54, 1.807) is 6.08 Å². The van der Waals surface area contributed by atoms with E-state index in [-0.39, 0.29) is 28.0 Å². The van der Waals surface area contributed by atoms with Gasteiger partial charge in [0.1, 0.15) is 22.2 Å². The largest absolute Gasteiger partial charge is 0.507 e. The van der Waals surface area contributed by atoms with Gasteiger partial charge in [0.25, 0.3) is 5.91 Å². The molecule has 8 nitrogen and oxygen atoms in total. The van der Waals surface area contributed by atoms with Crippen molar-refractivity contribution in [2.24, 2.45) is 7.05 Å². The molecule has 10 heteroatoms. The first-order valence-electron chi connectivity index (χ1n) is 7.99. The van der Waals surface area contributed by atoms with Crippen LogP contribution < -0.4 is 5.32 Å². The van der Waals surface area contributed by atoms with E-state index in [1.807, 2.05) is 29.9 Å². The Hall–Kier alpha value is -3.11. The second-order valence-corrected chi connectivity index (χ2v) is 7.57. The lowest BCUT2D eigenvalue weighted by Crippen LogP contribution is -2.36. The van der Waals surface area contributed by atoms with E-state index in [9.17, 15) is 19.5 Å². The van der Waals surface area contributed by atoms with Crippen LogP contribution in [0.25, 0.3) is 6.08 Å². The molecule has 1 saturated heterocycles. The maximum absolute atomic E-state index is 12.6. The molecule has 2 aromatic rings. The number of thiocarbonyl (C=S) groups is 1. The third-order valence-electron chi connectivity index (χ3n) is 3.95. The van der Waals surface area contributed by atoms with Crippen molar-refractivity contribution in [1.29, 1.82) is 0 Å². The molecule has 1 aromatic carbocycles. The minimum atomic E-state index is -1.28. The third kappa shape index (κ3) is 4.07. The Kier molecular flexibility index (Phi) is 5.52. The van der Waals surface area contributed by atoms with Crippen LogP contribution in [0.15, 0.2) is 41.4 Å². The summed E-state index contributed by atoms with van der Waals surface area (Å²) in [5, 5.41) is 21.1. The van der Waals surface area contributed by atoms with Gasteiger partial charge in [0.2, 0.25) is 5.91 Å². The number of anilines is 1. The summed E-state index contributed by atoms with van der Waals surface area (Å²) in [6.45, 7) is -0.295. The third-order valence-corrected chi connectivity index (χ3v) is 5.33. The molecule has 3 rings (SSSR count). The Balaban J connectivity index is 1.69. The van der Waals surface area contributed by atoms with Crippen LogP contribution >= 0.6 is 24.0 Å². The van der Waals surface area contributed by atoms with Crippen molar-refractivity contribution in [2.75, 3.05) is 11.9 Å². The summed E-state index contributed by atoms with van der Waals surface area (Å²) in [5.41, 5.74) is 0.761. The van der Waals surface area contributed by atoms with Gasteiger partial charge in [-0.2, -0.15) is 0 Å². The minimum Gasteiger partial charge on any atom is -0.507 e. The first-order chi connectivity index (χ1) is 13.3. The molecule has 144 valence electrons. The molecular formula is C18H15N3O5S2. The molecule has 1 aliphatic rings. The highest BCUT2D eigenvalue weighted by Crippen LogP contribution is 2.32. The molecule has 2 amide bonds. The van der Waals surface area contributed by atoms with E-state index < -0.39 is 17.6 Å². The van der Waals surface area contributed by atoms with Crippen LogP contribution in [0.2, 0.25) is 0 Å². The lowest BCUT2D eigenvalue weighted by molar-refractivity contribution is -0.126. The molecule has 1 aliphatic heterocycles. The quantitative estimate of drug-likeness (QED) is 0.505. The standard InChI is InChI=1S/C18H15N3O5S2/c1-20-6-2-3-11(20)8-14-16(24)21(18(27)28-14)9-15(23)19-10-4-5-12(17(25)26)13(22)7-10/h2-8,22H,9H2,1H3,(H,19,23)(H,25,26). The van der Waals surface area contributed by atoms with Gasteiger partial charge in [-0.15, -0.1) is 0 Å². The van der Waals surface area contributed by atoms with Crippen LogP contribution in [-0.4, -0.2) is 48.3 Å². The van der Waals surface area contributed by atoms with Gasteiger partial charge in [0, 0.05) is 30.7 Å². The Bertz CT molecular complexity index is 1030. The topological polar surface area (TPSA) is 112 Å². The van der Waals surface area contributed by atoms with Gasteiger partial charge in [-0.25, -0.2) is 4.79 Å². The SMILES string of the molecule is Cn1cccc1C=C1SC(=S)N(CC(=O)Nc2ccc(C(=O)O)c(O)c2)C1=O. The normalized spacial score (nSPS) is 15.3. The smallest absolute Gasteiger partial charge is 0.339 e. The lowest BCUT2D eigenvalue weighted by Gasteiger charge is -2.14. The number of hydrogen-bond acceptors (Lipinski definition) is 6. The van der Waals surface area contributed by atoms with E-state index in [0.717, 1.165) is 23.5 Å². The number of rotatable bonds is 5. The predicted octanol–water partition coefficient (Wildman–Crippen LogP) is 2.27. The van der Waals surface area contributed by atoms with Crippen LogP contribution in [0.4, 0.5) is 5.69 Å². The van der Waals surface area contributed by atoms with E-state index in [2.05, 4.69) is 5.32 Å².